The van der Waals surface area contributed by atoms with Crippen molar-refractivity contribution in [2.75, 3.05) is 17.2 Å². The molecule has 0 fully saturated rings. The summed E-state index contributed by atoms with van der Waals surface area (Å²) in [6.45, 7) is 0.582. The molecule has 28 heavy (non-hydrogen) atoms. The zero-order chi connectivity index (χ0) is 20.0. The van der Waals surface area contributed by atoms with Gasteiger partial charge >= 0.3 is 0 Å². The third-order valence-corrected chi connectivity index (χ3v) is 4.84. The predicted octanol–water partition coefficient (Wildman–Crippen LogP) is 2.03. The van der Waals surface area contributed by atoms with Crippen molar-refractivity contribution >= 4 is 27.6 Å². The summed E-state index contributed by atoms with van der Waals surface area (Å²) in [5, 5.41) is 18.9. The highest BCUT2D eigenvalue weighted by atomic mass is 32.2. The highest BCUT2D eigenvalue weighted by Gasteiger charge is 2.08. The number of hydrogen-bond donors (Lipinski definition) is 3. The Morgan fingerprint density at radius 1 is 0.893 bits per heavy atom. The molecule has 4 N–H and O–H groups in total. The van der Waals surface area contributed by atoms with Crippen LogP contribution in [0.25, 0.3) is 0 Å². The van der Waals surface area contributed by atoms with E-state index in [-0.39, 0.29) is 10.8 Å². The number of carbonyl (C=O) groups is 1. The van der Waals surface area contributed by atoms with Crippen molar-refractivity contribution in [2.24, 2.45) is 5.14 Å². The van der Waals surface area contributed by atoms with Crippen molar-refractivity contribution in [3.05, 3.63) is 77.9 Å². The van der Waals surface area contributed by atoms with Crippen LogP contribution in [0.1, 0.15) is 15.9 Å². The number of anilines is 2. The van der Waals surface area contributed by atoms with E-state index in [1.54, 1.807) is 48.5 Å². The molecule has 0 bridgehead atoms. The lowest BCUT2D eigenvalue weighted by Crippen LogP contribution is -2.14. The number of sulfonamides is 1. The Labute approximate surface area is 162 Å². The van der Waals surface area contributed by atoms with Crippen molar-refractivity contribution in [1.82, 2.24) is 10.2 Å². The van der Waals surface area contributed by atoms with Gasteiger partial charge in [-0.3, -0.25) is 4.79 Å². The Morgan fingerprint density at radius 3 is 2.14 bits per heavy atom. The molecule has 0 aliphatic carbocycles. The highest BCUT2D eigenvalue weighted by Crippen LogP contribution is 2.11. The first-order chi connectivity index (χ1) is 13.4. The van der Waals surface area contributed by atoms with Crippen molar-refractivity contribution in [3.8, 4) is 0 Å². The van der Waals surface area contributed by atoms with Gasteiger partial charge in [-0.05, 0) is 48.4 Å². The van der Waals surface area contributed by atoms with Crippen LogP contribution in [-0.4, -0.2) is 31.1 Å². The van der Waals surface area contributed by atoms with Crippen molar-refractivity contribution < 1.29 is 13.2 Å². The van der Waals surface area contributed by atoms with Gasteiger partial charge < -0.3 is 10.6 Å². The zero-order valence-corrected chi connectivity index (χ0v) is 15.7. The molecule has 0 saturated carbocycles. The first kappa shape index (κ1) is 19.5. The molecule has 0 unspecified atom stereocenters. The molecular formula is C19H19N5O3S. The number of benzene rings is 2. The second-order valence-corrected chi connectivity index (χ2v) is 7.55. The molecule has 0 radical (unpaired) electrons. The van der Waals surface area contributed by atoms with Crippen LogP contribution in [0, 0.1) is 0 Å². The highest BCUT2D eigenvalue weighted by molar-refractivity contribution is 7.89. The molecular weight excluding hydrogens is 378 g/mol. The summed E-state index contributed by atoms with van der Waals surface area (Å²) in [6.07, 6.45) is 0.666. The standard InChI is InChI=1S/C19H19N5O3S/c20-28(26,27)16-8-6-14(7-9-16)12-13-21-17-10-11-18(24-23-17)22-19(25)15-4-2-1-3-5-15/h1-11H,12-13H2,(H,21,23)(H2,20,26,27)(H,22,24,25). The van der Waals surface area contributed by atoms with Gasteiger partial charge in [0.2, 0.25) is 10.0 Å². The minimum Gasteiger partial charge on any atom is -0.368 e. The van der Waals surface area contributed by atoms with Crippen LogP contribution >= 0.6 is 0 Å². The lowest BCUT2D eigenvalue weighted by Gasteiger charge is -2.07. The van der Waals surface area contributed by atoms with Crippen LogP contribution in [0.2, 0.25) is 0 Å². The molecule has 1 aromatic heterocycles. The minimum atomic E-state index is -3.68. The van der Waals surface area contributed by atoms with Crippen molar-refractivity contribution in [1.29, 1.82) is 0 Å². The maximum Gasteiger partial charge on any atom is 0.256 e. The van der Waals surface area contributed by atoms with Crippen LogP contribution in [-0.2, 0) is 16.4 Å². The summed E-state index contributed by atoms with van der Waals surface area (Å²) in [6, 6.07) is 18.6. The molecule has 3 aromatic rings. The van der Waals surface area contributed by atoms with Gasteiger partial charge in [0.1, 0.15) is 5.82 Å². The summed E-state index contributed by atoms with van der Waals surface area (Å²) in [5.41, 5.74) is 1.50. The van der Waals surface area contributed by atoms with E-state index < -0.39 is 10.0 Å². The van der Waals surface area contributed by atoms with E-state index in [0.29, 0.717) is 30.2 Å². The normalized spacial score (nSPS) is 11.0. The number of aromatic nitrogens is 2. The molecule has 8 nitrogen and oxygen atoms in total. The third-order valence-electron chi connectivity index (χ3n) is 3.91. The molecule has 0 atom stereocenters. The topological polar surface area (TPSA) is 127 Å². The van der Waals surface area contributed by atoms with E-state index in [2.05, 4.69) is 20.8 Å². The van der Waals surface area contributed by atoms with Gasteiger partial charge in [0.25, 0.3) is 5.91 Å². The van der Waals surface area contributed by atoms with Crippen LogP contribution in [0.4, 0.5) is 11.6 Å². The smallest absolute Gasteiger partial charge is 0.256 e. The number of carbonyl (C=O) groups excluding carboxylic acids is 1. The number of nitrogens with zero attached hydrogens (tertiary/aromatic N) is 2. The fraction of sp³-hybridized carbons (Fsp3) is 0.105. The SMILES string of the molecule is NS(=O)(=O)c1ccc(CCNc2ccc(NC(=O)c3ccccc3)nn2)cc1. The number of nitrogens with one attached hydrogen (secondary N) is 2. The Hall–Kier alpha value is -3.30. The second-order valence-electron chi connectivity index (χ2n) is 5.99. The Morgan fingerprint density at radius 2 is 1.54 bits per heavy atom. The number of rotatable bonds is 7. The summed E-state index contributed by atoms with van der Waals surface area (Å²) in [7, 11) is -3.68. The molecule has 0 spiro atoms. The van der Waals surface area contributed by atoms with Gasteiger partial charge in [0.15, 0.2) is 5.82 Å². The summed E-state index contributed by atoms with van der Waals surface area (Å²) < 4.78 is 22.5. The van der Waals surface area contributed by atoms with E-state index >= 15 is 0 Å². The molecule has 0 aliphatic rings. The third kappa shape index (κ3) is 5.35. The number of hydrogen-bond acceptors (Lipinski definition) is 6. The molecule has 2 aromatic carbocycles. The van der Waals surface area contributed by atoms with Crippen molar-refractivity contribution in [2.45, 2.75) is 11.3 Å². The molecule has 144 valence electrons. The maximum absolute atomic E-state index is 12.1. The van der Waals surface area contributed by atoms with Gasteiger partial charge in [-0.1, -0.05) is 30.3 Å². The lowest BCUT2D eigenvalue weighted by atomic mass is 10.1. The molecule has 1 heterocycles. The van der Waals surface area contributed by atoms with Crippen LogP contribution in [0.5, 0.6) is 0 Å². The number of primary sulfonamides is 1. The van der Waals surface area contributed by atoms with E-state index in [9.17, 15) is 13.2 Å². The quantitative estimate of drug-likeness (QED) is 0.560. The Balaban J connectivity index is 1.50. The van der Waals surface area contributed by atoms with Gasteiger partial charge in [-0.25, -0.2) is 13.6 Å². The van der Waals surface area contributed by atoms with Gasteiger partial charge in [0, 0.05) is 12.1 Å². The monoisotopic (exact) mass is 397 g/mol. The summed E-state index contributed by atoms with van der Waals surface area (Å²) >= 11 is 0. The van der Waals surface area contributed by atoms with Gasteiger partial charge in [-0.2, -0.15) is 0 Å². The van der Waals surface area contributed by atoms with Gasteiger partial charge in [-0.15, -0.1) is 10.2 Å². The average molecular weight is 397 g/mol. The van der Waals surface area contributed by atoms with Crippen LogP contribution < -0.4 is 15.8 Å². The first-order valence-electron chi connectivity index (χ1n) is 8.47. The molecule has 0 saturated heterocycles. The van der Waals surface area contributed by atoms with Crippen LogP contribution in [0.15, 0.2) is 71.6 Å². The number of amides is 1. The maximum atomic E-state index is 12.1. The molecule has 1 amide bonds. The summed E-state index contributed by atoms with van der Waals surface area (Å²) in [4.78, 5) is 12.2. The van der Waals surface area contributed by atoms with Crippen molar-refractivity contribution in [3.63, 3.8) is 0 Å². The Bertz CT molecular complexity index is 1040. The fourth-order valence-electron chi connectivity index (χ4n) is 2.45. The largest absolute Gasteiger partial charge is 0.368 e. The predicted molar refractivity (Wildman–Crippen MR) is 106 cm³/mol. The first-order valence-corrected chi connectivity index (χ1v) is 10.0. The minimum absolute atomic E-state index is 0.0863. The molecule has 9 heteroatoms. The van der Waals surface area contributed by atoms with Gasteiger partial charge in [0.05, 0.1) is 4.90 Å². The lowest BCUT2D eigenvalue weighted by molar-refractivity contribution is 0.102. The molecule has 3 rings (SSSR count). The zero-order valence-electron chi connectivity index (χ0n) is 14.9. The van der Waals surface area contributed by atoms with E-state index in [4.69, 9.17) is 5.14 Å². The van der Waals surface area contributed by atoms with E-state index in [0.717, 1.165) is 5.56 Å². The fourth-order valence-corrected chi connectivity index (χ4v) is 2.97. The molecule has 0 aliphatic heterocycles. The Kier molecular flexibility index (Phi) is 5.97. The van der Waals surface area contributed by atoms with E-state index in [1.165, 1.54) is 12.1 Å². The summed E-state index contributed by atoms with van der Waals surface area (Å²) in [5.74, 6) is 0.676. The second kappa shape index (κ2) is 8.59. The average Bonchev–Trinajstić information content (AvgIpc) is 2.70. The number of nitrogens with two attached hydrogens (primary N) is 1. The van der Waals surface area contributed by atoms with E-state index in [1.807, 2.05) is 6.07 Å². The van der Waals surface area contributed by atoms with Crippen LogP contribution in [0.3, 0.4) is 0 Å².